The molecule has 152 valence electrons. The topological polar surface area (TPSA) is 119 Å². The lowest BCUT2D eigenvalue weighted by molar-refractivity contribution is -0.100. The number of aromatic nitrogens is 4. The predicted octanol–water partition coefficient (Wildman–Crippen LogP) is 2.16. The number of rotatable bonds is 3. The van der Waals surface area contributed by atoms with Crippen molar-refractivity contribution < 1.29 is 17.6 Å². The Bertz CT molecular complexity index is 951. The molecule has 0 radical (unpaired) electrons. The maximum absolute atomic E-state index is 13.0. The van der Waals surface area contributed by atoms with E-state index in [0.29, 0.717) is 23.2 Å². The summed E-state index contributed by atoms with van der Waals surface area (Å²) in [5.74, 6) is 0.882. The summed E-state index contributed by atoms with van der Waals surface area (Å²) in [6.07, 6.45) is -2.10. The normalized spacial score (nSPS) is 20.5. The number of hydrogen-bond donors (Lipinski definition) is 3. The van der Waals surface area contributed by atoms with Crippen molar-refractivity contribution in [1.29, 1.82) is 0 Å². The first-order valence-corrected chi connectivity index (χ1v) is 8.38. The van der Waals surface area contributed by atoms with Gasteiger partial charge in [0, 0.05) is 13.1 Å². The lowest BCUT2D eigenvalue weighted by Gasteiger charge is -2.30. The summed E-state index contributed by atoms with van der Waals surface area (Å²) < 4.78 is 46.3. The van der Waals surface area contributed by atoms with Crippen molar-refractivity contribution in [2.45, 2.75) is 52.0 Å². The highest BCUT2D eigenvalue weighted by atomic mass is 19.4. The minimum absolute atomic E-state index is 0.0760. The highest BCUT2D eigenvalue weighted by Gasteiger charge is 2.45. The van der Waals surface area contributed by atoms with Gasteiger partial charge in [0.05, 0.1) is 23.2 Å². The standard InChI is InChI=1S/C16H21F3N8O/c1-8-10(7-27(26-8)14(3,4)12-25-24-9(2)28-12)22-13-21-6-11(16(17,18)19)15(5,20)23-13/h6-7H,20H2,1-5H3,(H2,21,22,23). The molecule has 2 aromatic heterocycles. The molecule has 1 aliphatic heterocycles. The Hall–Kier alpha value is -2.89. The van der Waals surface area contributed by atoms with Gasteiger partial charge in [0.2, 0.25) is 17.7 Å². The molecule has 0 bridgehead atoms. The van der Waals surface area contributed by atoms with Crippen LogP contribution in [0.5, 0.6) is 0 Å². The number of hydrogen-bond acceptors (Lipinski definition) is 8. The van der Waals surface area contributed by atoms with Crippen LogP contribution in [0.4, 0.5) is 18.9 Å². The van der Waals surface area contributed by atoms with Crippen LogP contribution < -0.4 is 16.4 Å². The molecule has 0 aliphatic carbocycles. The zero-order valence-electron chi connectivity index (χ0n) is 16.0. The van der Waals surface area contributed by atoms with Gasteiger partial charge in [-0.05, 0) is 27.7 Å². The van der Waals surface area contributed by atoms with Gasteiger partial charge >= 0.3 is 6.18 Å². The number of alkyl halides is 3. The van der Waals surface area contributed by atoms with Gasteiger partial charge < -0.3 is 20.8 Å². The smallest absolute Gasteiger partial charge is 0.417 e. The van der Waals surface area contributed by atoms with Crippen molar-refractivity contribution in [3.05, 3.63) is 35.4 Å². The Morgan fingerprint density at radius 3 is 2.46 bits per heavy atom. The molecule has 2 aromatic rings. The summed E-state index contributed by atoms with van der Waals surface area (Å²) in [6.45, 7) is 8.32. The summed E-state index contributed by atoms with van der Waals surface area (Å²) in [4.78, 5) is 3.94. The Kier molecular flexibility index (Phi) is 4.49. The van der Waals surface area contributed by atoms with Crippen LogP contribution in [-0.4, -0.2) is 37.8 Å². The SMILES string of the molecule is Cc1nnc(C(C)(C)n2cc(NC3=NC(C)(N)C(C(F)(F)F)=CN3)c(C)n2)o1. The van der Waals surface area contributed by atoms with E-state index in [1.54, 1.807) is 24.7 Å². The highest BCUT2D eigenvalue weighted by molar-refractivity contribution is 5.95. The number of guanidine groups is 1. The van der Waals surface area contributed by atoms with E-state index in [2.05, 4.69) is 30.9 Å². The van der Waals surface area contributed by atoms with Crippen molar-refractivity contribution in [2.24, 2.45) is 10.7 Å². The predicted molar refractivity (Wildman–Crippen MR) is 95.3 cm³/mol. The fourth-order valence-corrected chi connectivity index (χ4v) is 2.68. The Morgan fingerprint density at radius 2 is 1.93 bits per heavy atom. The van der Waals surface area contributed by atoms with Crippen LogP contribution in [0.15, 0.2) is 27.4 Å². The van der Waals surface area contributed by atoms with Crippen molar-refractivity contribution >= 4 is 11.6 Å². The van der Waals surface area contributed by atoms with E-state index in [1.165, 1.54) is 6.92 Å². The number of aliphatic imine (C=N–C) groups is 1. The van der Waals surface area contributed by atoms with Crippen molar-refractivity contribution in [3.63, 3.8) is 0 Å². The van der Waals surface area contributed by atoms with Gasteiger partial charge in [-0.15, -0.1) is 10.2 Å². The molecule has 0 fully saturated rings. The number of anilines is 1. The maximum Gasteiger partial charge on any atom is 0.417 e. The van der Waals surface area contributed by atoms with Crippen LogP contribution >= 0.6 is 0 Å². The van der Waals surface area contributed by atoms with Crippen molar-refractivity contribution in [1.82, 2.24) is 25.3 Å². The third-order valence-electron chi connectivity index (χ3n) is 4.32. The highest BCUT2D eigenvalue weighted by Crippen LogP contribution is 2.34. The Labute approximate surface area is 158 Å². The Balaban J connectivity index is 1.85. The van der Waals surface area contributed by atoms with E-state index in [1.807, 2.05) is 13.8 Å². The molecule has 4 N–H and O–H groups in total. The zero-order chi connectivity index (χ0) is 20.9. The second-order valence-corrected chi connectivity index (χ2v) is 7.19. The number of nitrogens with two attached hydrogens (primary N) is 1. The lowest BCUT2D eigenvalue weighted by Crippen LogP contribution is -2.49. The second-order valence-electron chi connectivity index (χ2n) is 7.19. The fraction of sp³-hybridized carbons (Fsp3) is 0.500. The molecule has 3 heterocycles. The molecule has 0 saturated carbocycles. The van der Waals surface area contributed by atoms with Crippen LogP contribution in [0.1, 0.15) is 38.2 Å². The molecule has 9 nitrogen and oxygen atoms in total. The average Bonchev–Trinajstić information content (AvgIpc) is 3.12. The summed E-state index contributed by atoms with van der Waals surface area (Å²) in [5.41, 5.74) is 3.25. The van der Waals surface area contributed by atoms with Crippen molar-refractivity contribution in [2.75, 3.05) is 5.32 Å². The molecule has 28 heavy (non-hydrogen) atoms. The van der Waals surface area contributed by atoms with E-state index < -0.39 is 23.0 Å². The van der Waals surface area contributed by atoms with Crippen LogP contribution in [-0.2, 0) is 5.54 Å². The fourth-order valence-electron chi connectivity index (χ4n) is 2.68. The number of aryl methyl sites for hydroxylation is 2. The van der Waals surface area contributed by atoms with Crippen molar-refractivity contribution in [3.8, 4) is 0 Å². The van der Waals surface area contributed by atoms with Gasteiger partial charge in [-0.3, -0.25) is 4.68 Å². The van der Waals surface area contributed by atoms with Gasteiger partial charge in [-0.2, -0.15) is 18.3 Å². The van der Waals surface area contributed by atoms with E-state index >= 15 is 0 Å². The molecule has 0 aromatic carbocycles. The van der Waals surface area contributed by atoms with E-state index in [0.717, 1.165) is 6.20 Å². The first kappa shape index (κ1) is 19.9. The van der Waals surface area contributed by atoms with Gasteiger partial charge in [-0.1, -0.05) is 0 Å². The average molecular weight is 398 g/mol. The molecular weight excluding hydrogens is 377 g/mol. The first-order chi connectivity index (χ1) is 12.8. The Morgan fingerprint density at radius 1 is 1.25 bits per heavy atom. The molecule has 12 heteroatoms. The first-order valence-electron chi connectivity index (χ1n) is 8.38. The third kappa shape index (κ3) is 3.59. The monoisotopic (exact) mass is 398 g/mol. The van der Waals surface area contributed by atoms with Crippen LogP contribution in [0.2, 0.25) is 0 Å². The maximum atomic E-state index is 13.0. The lowest BCUT2D eigenvalue weighted by atomic mass is 10.0. The van der Waals surface area contributed by atoms with Gasteiger partial charge in [0.25, 0.3) is 0 Å². The summed E-state index contributed by atoms with van der Waals surface area (Å²) in [7, 11) is 0. The van der Waals surface area contributed by atoms with Crippen LogP contribution in [0.25, 0.3) is 0 Å². The number of nitrogens with one attached hydrogen (secondary N) is 2. The zero-order valence-corrected chi connectivity index (χ0v) is 16.0. The molecule has 0 amide bonds. The van der Waals surface area contributed by atoms with Gasteiger partial charge in [0.15, 0.2) is 0 Å². The molecule has 0 spiro atoms. The van der Waals surface area contributed by atoms with Gasteiger partial charge in [0.1, 0.15) is 11.2 Å². The molecule has 0 saturated heterocycles. The summed E-state index contributed by atoms with van der Waals surface area (Å²) >= 11 is 0. The minimum atomic E-state index is -4.58. The molecule has 3 rings (SSSR count). The molecular formula is C16H21F3N8O. The van der Waals surface area contributed by atoms with Crippen LogP contribution in [0.3, 0.4) is 0 Å². The minimum Gasteiger partial charge on any atom is -0.423 e. The number of halogens is 3. The van der Waals surface area contributed by atoms with Gasteiger partial charge in [-0.25, -0.2) is 4.99 Å². The molecule has 1 unspecified atom stereocenters. The quantitative estimate of drug-likeness (QED) is 0.725. The van der Waals surface area contributed by atoms with Crippen LogP contribution in [0, 0.1) is 13.8 Å². The van der Waals surface area contributed by atoms with E-state index in [-0.39, 0.29) is 5.96 Å². The largest absolute Gasteiger partial charge is 0.423 e. The van der Waals surface area contributed by atoms with E-state index in [4.69, 9.17) is 10.2 Å². The summed E-state index contributed by atoms with van der Waals surface area (Å²) in [5, 5.41) is 17.7. The van der Waals surface area contributed by atoms with E-state index in [9.17, 15) is 13.2 Å². The molecule has 1 atom stereocenters. The summed E-state index contributed by atoms with van der Waals surface area (Å²) in [6, 6.07) is 0. The second kappa shape index (κ2) is 6.33. The number of nitrogens with zero attached hydrogens (tertiary/aromatic N) is 5. The molecule has 1 aliphatic rings. The third-order valence-corrected chi connectivity index (χ3v) is 4.32.